The van der Waals surface area contributed by atoms with Gasteiger partial charge in [0.1, 0.15) is 5.76 Å². The lowest BCUT2D eigenvalue weighted by Gasteiger charge is -2.33. The fourth-order valence-electron chi connectivity index (χ4n) is 3.69. The quantitative estimate of drug-likeness (QED) is 0.260. The molecule has 31 heavy (non-hydrogen) atoms. The van der Waals surface area contributed by atoms with Crippen molar-refractivity contribution < 1.29 is 12.8 Å². The van der Waals surface area contributed by atoms with Crippen molar-refractivity contribution in [2.45, 2.75) is 31.8 Å². The van der Waals surface area contributed by atoms with Crippen LogP contribution >= 0.6 is 24.0 Å². The molecule has 10 heteroatoms. The molecule has 1 aliphatic rings. The van der Waals surface area contributed by atoms with Gasteiger partial charge in [-0.2, -0.15) is 0 Å². The van der Waals surface area contributed by atoms with Crippen LogP contribution in [0.25, 0.3) is 0 Å². The molecule has 2 aromatic rings. The average molecular weight is 561 g/mol. The molecule has 3 N–H and O–H groups in total. The van der Waals surface area contributed by atoms with Gasteiger partial charge in [0.05, 0.1) is 24.2 Å². The molecular formula is C21H32IN5O3S. The Hall–Kier alpha value is -1.79. The molecule has 3 rings (SSSR count). The summed E-state index contributed by atoms with van der Waals surface area (Å²) in [5, 5.41) is 6.66. The SMILES string of the molecule is CN=C(NCc1ccccc1NS(C)(=O)=O)NCC(c1ccco1)N1CCCCC1.I. The summed E-state index contributed by atoms with van der Waals surface area (Å²) in [6.45, 7) is 3.22. The molecule has 1 saturated heterocycles. The molecule has 0 amide bonds. The topological polar surface area (TPSA) is 99.0 Å². The molecular weight excluding hydrogens is 529 g/mol. The van der Waals surface area contributed by atoms with Crippen molar-refractivity contribution >= 4 is 45.6 Å². The van der Waals surface area contributed by atoms with E-state index in [-0.39, 0.29) is 30.0 Å². The summed E-state index contributed by atoms with van der Waals surface area (Å²) in [5.74, 6) is 1.60. The highest BCUT2D eigenvalue weighted by Crippen LogP contribution is 2.24. The number of furan rings is 1. The zero-order valence-corrected chi connectivity index (χ0v) is 21.2. The smallest absolute Gasteiger partial charge is 0.229 e. The van der Waals surface area contributed by atoms with E-state index < -0.39 is 10.0 Å². The van der Waals surface area contributed by atoms with Crippen molar-refractivity contribution in [1.29, 1.82) is 0 Å². The predicted octanol–water partition coefficient (Wildman–Crippen LogP) is 3.16. The Kier molecular flexibility index (Phi) is 10.1. The number of benzene rings is 1. The first-order valence-electron chi connectivity index (χ1n) is 10.2. The van der Waals surface area contributed by atoms with Crippen LogP contribution in [0.2, 0.25) is 0 Å². The summed E-state index contributed by atoms with van der Waals surface area (Å²) >= 11 is 0. The number of piperidine rings is 1. The number of para-hydroxylation sites is 1. The Labute approximate surface area is 202 Å². The summed E-state index contributed by atoms with van der Waals surface area (Å²) in [6.07, 6.45) is 6.54. The molecule has 2 heterocycles. The van der Waals surface area contributed by atoms with Gasteiger partial charge in [0.25, 0.3) is 0 Å². The van der Waals surface area contributed by atoms with Gasteiger partial charge in [0.2, 0.25) is 10.0 Å². The summed E-state index contributed by atoms with van der Waals surface area (Å²) < 4.78 is 31.5. The maximum Gasteiger partial charge on any atom is 0.229 e. The normalized spacial score (nSPS) is 16.3. The van der Waals surface area contributed by atoms with E-state index in [0.29, 0.717) is 24.7 Å². The van der Waals surface area contributed by atoms with Gasteiger partial charge < -0.3 is 15.1 Å². The van der Waals surface area contributed by atoms with Gasteiger partial charge in [-0.05, 0) is 49.7 Å². The maximum absolute atomic E-state index is 11.6. The molecule has 1 aromatic heterocycles. The zero-order chi connectivity index (χ0) is 21.4. The van der Waals surface area contributed by atoms with Crippen LogP contribution in [0.1, 0.15) is 36.6 Å². The lowest BCUT2D eigenvalue weighted by atomic mass is 10.1. The van der Waals surface area contributed by atoms with Gasteiger partial charge in [-0.1, -0.05) is 24.6 Å². The Balaban J connectivity index is 0.00000341. The third-order valence-corrected chi connectivity index (χ3v) is 5.74. The summed E-state index contributed by atoms with van der Waals surface area (Å²) in [5.41, 5.74) is 1.40. The Morgan fingerprint density at radius 3 is 2.52 bits per heavy atom. The Morgan fingerprint density at radius 2 is 1.87 bits per heavy atom. The van der Waals surface area contributed by atoms with Crippen molar-refractivity contribution in [3.05, 3.63) is 54.0 Å². The highest BCUT2D eigenvalue weighted by molar-refractivity contribution is 14.0. The zero-order valence-electron chi connectivity index (χ0n) is 18.0. The molecule has 0 saturated carbocycles. The first-order chi connectivity index (χ1) is 14.5. The lowest BCUT2D eigenvalue weighted by molar-refractivity contribution is 0.146. The van der Waals surface area contributed by atoms with Crippen LogP contribution in [0.5, 0.6) is 0 Å². The molecule has 0 radical (unpaired) electrons. The van der Waals surface area contributed by atoms with Gasteiger partial charge in [-0.25, -0.2) is 8.42 Å². The number of likely N-dealkylation sites (tertiary alicyclic amines) is 1. The third kappa shape index (κ3) is 8.00. The standard InChI is InChI=1S/C21H31N5O3S.HI/c1-22-21(23-15-17-9-4-5-10-18(17)25-30(2,27)28)24-16-19(20-11-8-14-29-20)26-12-6-3-7-13-26;/h4-5,8-11,14,19,25H,3,6-7,12-13,15-16H2,1-2H3,(H2,22,23,24);1H. The minimum atomic E-state index is -3.34. The van der Waals surface area contributed by atoms with Gasteiger partial charge in [-0.15, -0.1) is 24.0 Å². The van der Waals surface area contributed by atoms with E-state index in [0.717, 1.165) is 30.7 Å². The van der Waals surface area contributed by atoms with Crippen LogP contribution in [0, 0.1) is 0 Å². The first kappa shape index (κ1) is 25.5. The Morgan fingerprint density at radius 1 is 1.13 bits per heavy atom. The number of hydrogen-bond acceptors (Lipinski definition) is 5. The summed E-state index contributed by atoms with van der Waals surface area (Å²) in [7, 11) is -1.62. The molecule has 0 bridgehead atoms. The fraction of sp³-hybridized carbons (Fsp3) is 0.476. The fourth-order valence-corrected chi connectivity index (χ4v) is 4.29. The second-order valence-electron chi connectivity index (χ2n) is 7.47. The van der Waals surface area contributed by atoms with Crippen LogP contribution in [0.4, 0.5) is 5.69 Å². The highest BCUT2D eigenvalue weighted by Gasteiger charge is 2.24. The van der Waals surface area contributed by atoms with Gasteiger partial charge in [-0.3, -0.25) is 14.6 Å². The molecule has 1 atom stereocenters. The molecule has 1 aliphatic heterocycles. The van der Waals surface area contributed by atoms with E-state index in [1.165, 1.54) is 19.3 Å². The van der Waals surface area contributed by atoms with E-state index >= 15 is 0 Å². The largest absolute Gasteiger partial charge is 0.468 e. The number of hydrogen-bond donors (Lipinski definition) is 3. The van der Waals surface area contributed by atoms with E-state index in [1.807, 2.05) is 24.3 Å². The van der Waals surface area contributed by atoms with Gasteiger partial charge >= 0.3 is 0 Å². The van der Waals surface area contributed by atoms with E-state index in [4.69, 9.17) is 4.42 Å². The van der Waals surface area contributed by atoms with Crippen LogP contribution in [0.15, 0.2) is 52.1 Å². The van der Waals surface area contributed by atoms with E-state index in [9.17, 15) is 8.42 Å². The van der Waals surface area contributed by atoms with Crippen molar-refractivity contribution in [3.63, 3.8) is 0 Å². The van der Waals surface area contributed by atoms with Crippen LogP contribution in [-0.4, -0.2) is 52.2 Å². The number of halogens is 1. The number of rotatable bonds is 8. The minimum absolute atomic E-state index is 0. The van der Waals surface area contributed by atoms with E-state index in [2.05, 4.69) is 25.2 Å². The van der Waals surface area contributed by atoms with Crippen LogP contribution in [0.3, 0.4) is 0 Å². The Bertz CT molecular complexity index is 928. The molecule has 1 fully saturated rings. The molecule has 172 valence electrons. The monoisotopic (exact) mass is 561 g/mol. The summed E-state index contributed by atoms with van der Waals surface area (Å²) in [4.78, 5) is 6.76. The second-order valence-corrected chi connectivity index (χ2v) is 9.21. The van der Waals surface area contributed by atoms with Crippen LogP contribution < -0.4 is 15.4 Å². The lowest BCUT2D eigenvalue weighted by Crippen LogP contribution is -2.44. The molecule has 0 spiro atoms. The number of sulfonamides is 1. The molecule has 1 unspecified atom stereocenters. The molecule has 1 aromatic carbocycles. The van der Waals surface area contributed by atoms with Crippen molar-refractivity contribution in [1.82, 2.24) is 15.5 Å². The minimum Gasteiger partial charge on any atom is -0.468 e. The average Bonchev–Trinajstić information content (AvgIpc) is 3.25. The van der Waals surface area contributed by atoms with Crippen molar-refractivity contribution in [3.8, 4) is 0 Å². The number of nitrogens with one attached hydrogen (secondary N) is 3. The van der Waals surface area contributed by atoms with Crippen molar-refractivity contribution in [2.75, 3.05) is 37.7 Å². The first-order valence-corrected chi connectivity index (χ1v) is 12.1. The van der Waals surface area contributed by atoms with Crippen LogP contribution in [-0.2, 0) is 16.6 Å². The second kappa shape index (κ2) is 12.3. The van der Waals surface area contributed by atoms with Crippen molar-refractivity contribution in [2.24, 2.45) is 4.99 Å². The number of aliphatic imine (C=N–C) groups is 1. The van der Waals surface area contributed by atoms with Gasteiger partial charge in [0, 0.05) is 20.1 Å². The van der Waals surface area contributed by atoms with Gasteiger partial charge in [0.15, 0.2) is 5.96 Å². The number of anilines is 1. The summed E-state index contributed by atoms with van der Waals surface area (Å²) in [6, 6.07) is 11.4. The molecule has 8 nitrogen and oxygen atoms in total. The van der Waals surface area contributed by atoms with E-state index in [1.54, 1.807) is 25.4 Å². The number of guanidine groups is 1. The third-order valence-electron chi connectivity index (χ3n) is 5.15. The maximum atomic E-state index is 11.6. The molecule has 0 aliphatic carbocycles. The number of nitrogens with zero attached hydrogens (tertiary/aromatic N) is 2. The highest BCUT2D eigenvalue weighted by atomic mass is 127. The predicted molar refractivity (Wildman–Crippen MR) is 135 cm³/mol.